The molecular weight excluding hydrogens is 274 g/mol. The van der Waals surface area contributed by atoms with E-state index in [1.54, 1.807) is 18.2 Å². The smallest absolute Gasteiger partial charge is 0.228 e. The lowest BCUT2D eigenvalue weighted by atomic mass is 10.1. The Morgan fingerprint density at radius 1 is 1.15 bits per heavy atom. The van der Waals surface area contributed by atoms with E-state index in [-0.39, 0.29) is 11.7 Å². The molecule has 0 saturated heterocycles. The zero-order valence-corrected chi connectivity index (χ0v) is 11.6. The van der Waals surface area contributed by atoms with E-state index in [9.17, 15) is 9.90 Å². The highest BCUT2D eigenvalue weighted by molar-refractivity contribution is 6.31. The van der Waals surface area contributed by atoms with Gasteiger partial charge in [-0.1, -0.05) is 41.9 Å². The molecule has 20 heavy (non-hydrogen) atoms. The highest BCUT2D eigenvalue weighted by atomic mass is 35.5. The average Bonchev–Trinajstić information content (AvgIpc) is 2.72. The highest BCUT2D eigenvalue weighted by Gasteiger charge is 2.20. The fourth-order valence-corrected chi connectivity index (χ4v) is 2.60. The van der Waals surface area contributed by atoms with Crippen LogP contribution in [0.1, 0.15) is 11.7 Å². The number of nitrogens with zero attached hydrogens (tertiary/aromatic N) is 1. The van der Waals surface area contributed by atoms with E-state index in [4.69, 9.17) is 11.6 Å². The third-order valence-corrected chi connectivity index (χ3v) is 3.50. The maximum absolute atomic E-state index is 12.0. The lowest BCUT2D eigenvalue weighted by Crippen LogP contribution is -2.06. The van der Waals surface area contributed by atoms with Gasteiger partial charge in [0.05, 0.1) is 11.2 Å². The van der Waals surface area contributed by atoms with Gasteiger partial charge < -0.3 is 5.11 Å². The molecule has 0 spiro atoms. The van der Waals surface area contributed by atoms with Gasteiger partial charge in [0.25, 0.3) is 0 Å². The van der Waals surface area contributed by atoms with Crippen molar-refractivity contribution in [3.05, 3.63) is 53.6 Å². The molecule has 1 aromatic heterocycles. The molecule has 3 aromatic rings. The van der Waals surface area contributed by atoms with Crippen LogP contribution < -0.4 is 0 Å². The maximum atomic E-state index is 12.0. The first kappa shape index (κ1) is 12.8. The van der Waals surface area contributed by atoms with Crippen LogP contribution in [0.25, 0.3) is 22.2 Å². The number of hydrogen-bond acceptors (Lipinski definition) is 2. The van der Waals surface area contributed by atoms with Crippen LogP contribution in [0.15, 0.2) is 48.5 Å². The molecular formula is C16H12ClNO2. The minimum Gasteiger partial charge on any atom is -0.505 e. The molecule has 0 radical (unpaired) electrons. The number of hydrogen-bond donors (Lipinski definition) is 1. The van der Waals surface area contributed by atoms with Crippen LogP contribution in [0.3, 0.4) is 0 Å². The molecule has 0 bridgehead atoms. The molecule has 0 amide bonds. The van der Waals surface area contributed by atoms with E-state index in [0.29, 0.717) is 21.6 Å². The van der Waals surface area contributed by atoms with Gasteiger partial charge in [0.2, 0.25) is 5.91 Å². The quantitative estimate of drug-likeness (QED) is 0.723. The van der Waals surface area contributed by atoms with Gasteiger partial charge in [-0.25, -0.2) is 0 Å². The standard InChI is InChI=1S/C16H12ClNO2/c1-10(19)18-14-9-12(17)7-8-13(14)16(20)15(18)11-5-3-2-4-6-11/h2-9,20H,1H3. The molecule has 0 aliphatic carbocycles. The zero-order chi connectivity index (χ0) is 14.3. The molecule has 100 valence electrons. The lowest BCUT2D eigenvalue weighted by molar-refractivity contribution is 0.0943. The largest absolute Gasteiger partial charge is 0.505 e. The van der Waals surface area contributed by atoms with Crippen molar-refractivity contribution >= 4 is 28.4 Å². The lowest BCUT2D eigenvalue weighted by Gasteiger charge is -2.07. The Labute approximate surface area is 121 Å². The Morgan fingerprint density at radius 3 is 2.50 bits per heavy atom. The Balaban J connectivity index is 2.45. The molecule has 0 fully saturated rings. The first-order valence-corrected chi connectivity index (χ1v) is 6.56. The van der Waals surface area contributed by atoms with Gasteiger partial charge in [0, 0.05) is 22.9 Å². The van der Waals surface area contributed by atoms with Gasteiger partial charge in [-0.3, -0.25) is 9.36 Å². The van der Waals surface area contributed by atoms with Crippen LogP contribution in [-0.4, -0.2) is 15.6 Å². The molecule has 0 unspecified atom stereocenters. The van der Waals surface area contributed by atoms with Gasteiger partial charge >= 0.3 is 0 Å². The number of halogens is 1. The summed E-state index contributed by atoms with van der Waals surface area (Å²) in [4.78, 5) is 12.0. The summed E-state index contributed by atoms with van der Waals surface area (Å²) in [7, 11) is 0. The van der Waals surface area contributed by atoms with Gasteiger partial charge in [-0.15, -0.1) is 0 Å². The summed E-state index contributed by atoms with van der Waals surface area (Å²) < 4.78 is 1.49. The Kier molecular flexibility index (Phi) is 2.99. The normalized spacial score (nSPS) is 10.9. The van der Waals surface area contributed by atoms with E-state index in [1.165, 1.54) is 11.5 Å². The van der Waals surface area contributed by atoms with Crippen LogP contribution in [0.2, 0.25) is 5.02 Å². The fraction of sp³-hybridized carbons (Fsp3) is 0.0625. The van der Waals surface area contributed by atoms with Crippen molar-refractivity contribution in [2.75, 3.05) is 0 Å². The van der Waals surface area contributed by atoms with Crippen molar-refractivity contribution in [3.8, 4) is 17.0 Å². The second kappa shape index (κ2) is 4.69. The number of carbonyl (C=O) groups excluding carboxylic acids is 1. The average molecular weight is 286 g/mol. The molecule has 0 aliphatic rings. The van der Waals surface area contributed by atoms with Gasteiger partial charge in [-0.05, 0) is 18.2 Å². The predicted octanol–water partition coefficient (Wildman–Crippen LogP) is 4.33. The maximum Gasteiger partial charge on any atom is 0.228 e. The minimum absolute atomic E-state index is 0.0954. The first-order chi connectivity index (χ1) is 9.59. The predicted molar refractivity (Wildman–Crippen MR) is 80.3 cm³/mol. The van der Waals surface area contributed by atoms with E-state index in [1.807, 2.05) is 30.3 Å². The van der Waals surface area contributed by atoms with Crippen molar-refractivity contribution in [2.24, 2.45) is 0 Å². The second-order valence-electron chi connectivity index (χ2n) is 4.58. The summed E-state index contributed by atoms with van der Waals surface area (Å²) >= 11 is 6.00. The van der Waals surface area contributed by atoms with E-state index >= 15 is 0 Å². The van der Waals surface area contributed by atoms with Crippen molar-refractivity contribution in [2.45, 2.75) is 6.92 Å². The molecule has 2 aromatic carbocycles. The van der Waals surface area contributed by atoms with E-state index < -0.39 is 0 Å². The third-order valence-electron chi connectivity index (χ3n) is 3.27. The van der Waals surface area contributed by atoms with Crippen LogP contribution >= 0.6 is 11.6 Å². The van der Waals surface area contributed by atoms with Crippen LogP contribution in [0.5, 0.6) is 5.75 Å². The summed E-state index contributed by atoms with van der Waals surface area (Å²) in [5.74, 6) is -0.0745. The second-order valence-corrected chi connectivity index (χ2v) is 5.02. The van der Waals surface area contributed by atoms with Gasteiger partial charge in [0.1, 0.15) is 5.75 Å². The summed E-state index contributed by atoms with van der Waals surface area (Å²) in [6.45, 7) is 1.46. The van der Waals surface area contributed by atoms with Crippen molar-refractivity contribution in [3.63, 3.8) is 0 Å². The van der Waals surface area contributed by atoms with Gasteiger partial charge in [0.15, 0.2) is 0 Å². The fourth-order valence-electron chi connectivity index (χ4n) is 2.43. The number of aromatic nitrogens is 1. The van der Waals surface area contributed by atoms with Crippen LogP contribution in [0.4, 0.5) is 0 Å². The monoisotopic (exact) mass is 285 g/mol. The third kappa shape index (κ3) is 1.87. The SMILES string of the molecule is CC(=O)n1c(-c2ccccc2)c(O)c2ccc(Cl)cc21. The first-order valence-electron chi connectivity index (χ1n) is 6.19. The molecule has 1 N–H and O–H groups in total. The molecule has 0 saturated carbocycles. The Hall–Kier alpha value is -2.26. The van der Waals surface area contributed by atoms with Crippen LogP contribution in [-0.2, 0) is 0 Å². The number of aromatic hydroxyl groups is 1. The van der Waals surface area contributed by atoms with Gasteiger partial charge in [-0.2, -0.15) is 0 Å². The topological polar surface area (TPSA) is 42.2 Å². The molecule has 0 aliphatic heterocycles. The Bertz CT molecular complexity index is 806. The summed E-state index contributed by atoms with van der Waals surface area (Å²) in [6.07, 6.45) is 0. The summed E-state index contributed by atoms with van der Waals surface area (Å²) in [5, 5.41) is 11.6. The molecule has 1 heterocycles. The van der Waals surface area contributed by atoms with Crippen LogP contribution in [0, 0.1) is 0 Å². The molecule has 3 nitrogen and oxygen atoms in total. The minimum atomic E-state index is -0.170. The number of carbonyl (C=O) groups is 1. The van der Waals surface area contributed by atoms with Crippen molar-refractivity contribution in [1.82, 2.24) is 4.57 Å². The molecule has 4 heteroatoms. The number of benzene rings is 2. The summed E-state index contributed by atoms with van der Waals surface area (Å²) in [6, 6.07) is 14.4. The molecule has 3 rings (SSSR count). The van der Waals surface area contributed by atoms with E-state index in [2.05, 4.69) is 0 Å². The summed E-state index contributed by atoms with van der Waals surface area (Å²) in [5.41, 5.74) is 1.89. The Morgan fingerprint density at radius 2 is 1.85 bits per heavy atom. The van der Waals surface area contributed by atoms with Crippen molar-refractivity contribution in [1.29, 1.82) is 0 Å². The number of fused-ring (bicyclic) bond motifs is 1. The zero-order valence-electron chi connectivity index (χ0n) is 10.8. The van der Waals surface area contributed by atoms with E-state index in [0.717, 1.165) is 5.56 Å². The highest BCUT2D eigenvalue weighted by Crippen LogP contribution is 2.39. The molecule has 0 atom stereocenters. The number of rotatable bonds is 1. The van der Waals surface area contributed by atoms with Crippen molar-refractivity contribution < 1.29 is 9.90 Å².